The van der Waals surface area contributed by atoms with Gasteiger partial charge in [0, 0.05) is 24.0 Å². The molecule has 0 bridgehead atoms. The van der Waals surface area contributed by atoms with Gasteiger partial charge in [-0.25, -0.2) is 0 Å². The maximum atomic E-state index is 4.04. The molecule has 3 heteroatoms. The minimum Gasteiger partial charge on any atom is -0.265 e. The molecule has 2 heterocycles. The molecule has 0 N–H and O–H groups in total. The van der Waals surface area contributed by atoms with E-state index < -0.39 is 0 Å². The molecule has 0 radical (unpaired) electrons. The number of fused-ring (bicyclic) bond motifs is 1. The lowest BCUT2D eigenvalue weighted by Gasteiger charge is -1.80. The zero-order valence-electron chi connectivity index (χ0n) is 8.08. The van der Waals surface area contributed by atoms with Crippen molar-refractivity contribution in [2.45, 2.75) is 0 Å². The molecule has 0 unspecified atom stereocenters. The Morgan fingerprint density at radius 1 is 0.867 bits per heavy atom. The van der Waals surface area contributed by atoms with Gasteiger partial charge in [-0.2, -0.15) is 4.37 Å². The third-order valence-corrected chi connectivity index (χ3v) is 2.61. The molecule has 15 heavy (non-hydrogen) atoms. The van der Waals surface area contributed by atoms with E-state index in [1.54, 1.807) is 12.4 Å². The minimum atomic E-state index is 1.24. The average Bonchev–Trinajstić information content (AvgIpc) is 2.80. The first-order chi connectivity index (χ1) is 7.47. The number of pyridine rings is 1. The number of rotatable bonds is 0. The fourth-order valence-electron chi connectivity index (χ4n) is 1.12. The van der Waals surface area contributed by atoms with Gasteiger partial charge in [-0.05, 0) is 29.7 Å². The van der Waals surface area contributed by atoms with Crippen molar-refractivity contribution in [1.29, 1.82) is 0 Å². The van der Waals surface area contributed by atoms with Gasteiger partial charge < -0.3 is 0 Å². The third kappa shape index (κ3) is 2.86. The van der Waals surface area contributed by atoms with Crippen LogP contribution >= 0.6 is 11.5 Å². The van der Waals surface area contributed by atoms with Crippen LogP contribution in [0.1, 0.15) is 0 Å². The highest BCUT2D eigenvalue weighted by Crippen LogP contribution is 2.15. The molecule has 2 aromatic heterocycles. The Labute approximate surface area is 92.4 Å². The van der Waals surface area contributed by atoms with E-state index in [2.05, 4.69) is 21.5 Å². The number of nitrogens with zero attached hydrogens (tertiary/aromatic N) is 2. The van der Waals surface area contributed by atoms with Crippen molar-refractivity contribution < 1.29 is 0 Å². The molecule has 0 aliphatic carbocycles. The van der Waals surface area contributed by atoms with Crippen molar-refractivity contribution in [3.63, 3.8) is 0 Å². The van der Waals surface area contributed by atoms with E-state index in [1.807, 2.05) is 36.5 Å². The molecule has 0 atom stereocenters. The molecule has 0 spiro atoms. The predicted molar refractivity (Wildman–Crippen MR) is 63.9 cm³/mol. The first-order valence-electron chi connectivity index (χ1n) is 4.61. The van der Waals surface area contributed by atoms with Gasteiger partial charge in [0.05, 0.1) is 4.70 Å². The summed E-state index contributed by atoms with van der Waals surface area (Å²) < 4.78 is 5.30. The molecule has 2 nitrogen and oxygen atoms in total. The largest absolute Gasteiger partial charge is 0.265 e. The number of hydrogen-bond acceptors (Lipinski definition) is 3. The lowest BCUT2D eigenvalue weighted by molar-refractivity contribution is 1.33. The van der Waals surface area contributed by atoms with Crippen molar-refractivity contribution in [3.8, 4) is 0 Å². The van der Waals surface area contributed by atoms with Crippen molar-refractivity contribution in [2.24, 2.45) is 0 Å². The standard InChI is InChI=1S/C7H5NS.C5H5N/c1-2-4-7-6(3-1)5-8-9-7;1-2-4-6-5-3-1/h1-5H;1-5H. The summed E-state index contributed by atoms with van der Waals surface area (Å²) in [5.74, 6) is 0. The van der Waals surface area contributed by atoms with Crippen LogP contribution in [0.4, 0.5) is 0 Å². The van der Waals surface area contributed by atoms with Gasteiger partial charge in [0.25, 0.3) is 0 Å². The molecule has 1 aromatic carbocycles. The molecule has 0 fully saturated rings. The Hall–Kier alpha value is -1.74. The van der Waals surface area contributed by atoms with Gasteiger partial charge in [-0.3, -0.25) is 4.98 Å². The van der Waals surface area contributed by atoms with Crippen LogP contribution in [0.3, 0.4) is 0 Å². The number of benzene rings is 1. The summed E-state index contributed by atoms with van der Waals surface area (Å²) in [5.41, 5.74) is 0. The highest BCUT2D eigenvalue weighted by Gasteiger charge is 1.89. The zero-order valence-corrected chi connectivity index (χ0v) is 8.89. The quantitative estimate of drug-likeness (QED) is 0.573. The molecule has 3 rings (SSSR count). The van der Waals surface area contributed by atoms with Crippen LogP contribution in [0.5, 0.6) is 0 Å². The topological polar surface area (TPSA) is 25.8 Å². The van der Waals surface area contributed by atoms with Crippen molar-refractivity contribution >= 4 is 21.6 Å². The van der Waals surface area contributed by atoms with E-state index in [4.69, 9.17) is 0 Å². The fourth-order valence-corrected chi connectivity index (χ4v) is 1.77. The average molecular weight is 214 g/mol. The first kappa shape index (κ1) is 9.80. The second kappa shape index (κ2) is 5.22. The van der Waals surface area contributed by atoms with Crippen LogP contribution < -0.4 is 0 Å². The third-order valence-electron chi connectivity index (χ3n) is 1.83. The van der Waals surface area contributed by atoms with E-state index >= 15 is 0 Å². The zero-order chi connectivity index (χ0) is 10.3. The molecule has 0 amide bonds. The summed E-state index contributed by atoms with van der Waals surface area (Å²) in [5, 5.41) is 1.24. The monoisotopic (exact) mass is 214 g/mol. The van der Waals surface area contributed by atoms with E-state index in [0.29, 0.717) is 0 Å². The smallest absolute Gasteiger partial charge is 0.0549 e. The van der Waals surface area contributed by atoms with Crippen LogP contribution in [-0.4, -0.2) is 9.36 Å². The molecule has 74 valence electrons. The van der Waals surface area contributed by atoms with Crippen LogP contribution in [0.25, 0.3) is 10.1 Å². The highest BCUT2D eigenvalue weighted by atomic mass is 32.1. The SMILES string of the molecule is c1ccc2sncc2c1.c1ccncc1. The molecule has 0 saturated carbocycles. The van der Waals surface area contributed by atoms with Gasteiger partial charge in [-0.1, -0.05) is 24.3 Å². The number of hydrogen-bond donors (Lipinski definition) is 0. The summed E-state index contributed by atoms with van der Waals surface area (Å²) in [6.07, 6.45) is 5.39. The predicted octanol–water partition coefficient (Wildman–Crippen LogP) is 3.38. The van der Waals surface area contributed by atoms with Crippen LogP contribution in [-0.2, 0) is 0 Å². The Balaban J connectivity index is 0.000000124. The van der Waals surface area contributed by atoms with E-state index in [-0.39, 0.29) is 0 Å². The summed E-state index contributed by atoms with van der Waals surface area (Å²) in [7, 11) is 0. The molecule has 0 saturated heterocycles. The Bertz CT molecular complexity index is 448. The normalized spacial score (nSPS) is 9.33. The second-order valence-corrected chi connectivity index (χ2v) is 3.72. The molecular weight excluding hydrogens is 204 g/mol. The van der Waals surface area contributed by atoms with Crippen LogP contribution in [0, 0.1) is 0 Å². The summed E-state index contributed by atoms with van der Waals surface area (Å²) in [4.78, 5) is 3.78. The maximum Gasteiger partial charge on any atom is 0.0549 e. The van der Waals surface area contributed by atoms with Gasteiger partial charge in [0.2, 0.25) is 0 Å². The number of aromatic nitrogens is 2. The van der Waals surface area contributed by atoms with Gasteiger partial charge in [0.15, 0.2) is 0 Å². The molecule has 3 aromatic rings. The van der Waals surface area contributed by atoms with Crippen LogP contribution in [0.15, 0.2) is 61.1 Å². The molecular formula is C12H10N2S. The Morgan fingerprint density at radius 2 is 1.67 bits per heavy atom. The van der Waals surface area contributed by atoms with Crippen molar-refractivity contribution in [1.82, 2.24) is 9.36 Å². The summed E-state index contributed by atoms with van der Waals surface area (Å²) >= 11 is 1.54. The highest BCUT2D eigenvalue weighted by molar-refractivity contribution is 7.13. The van der Waals surface area contributed by atoms with Gasteiger partial charge >= 0.3 is 0 Å². The Kier molecular flexibility index (Phi) is 3.41. The summed E-state index contributed by atoms with van der Waals surface area (Å²) in [6, 6.07) is 13.9. The van der Waals surface area contributed by atoms with Gasteiger partial charge in [-0.15, -0.1) is 0 Å². The van der Waals surface area contributed by atoms with Gasteiger partial charge in [0.1, 0.15) is 0 Å². The molecule has 0 aliphatic heterocycles. The lowest BCUT2D eigenvalue weighted by Crippen LogP contribution is -1.58. The maximum absolute atomic E-state index is 4.04. The molecule has 0 aliphatic rings. The van der Waals surface area contributed by atoms with E-state index in [1.165, 1.54) is 21.6 Å². The second-order valence-electron chi connectivity index (χ2n) is 2.89. The van der Waals surface area contributed by atoms with E-state index in [9.17, 15) is 0 Å². The van der Waals surface area contributed by atoms with Crippen molar-refractivity contribution in [3.05, 3.63) is 61.1 Å². The fraction of sp³-hybridized carbons (Fsp3) is 0. The van der Waals surface area contributed by atoms with Crippen LogP contribution in [0.2, 0.25) is 0 Å². The Morgan fingerprint density at radius 3 is 2.27 bits per heavy atom. The first-order valence-corrected chi connectivity index (χ1v) is 5.38. The van der Waals surface area contributed by atoms with Crippen molar-refractivity contribution in [2.75, 3.05) is 0 Å². The van der Waals surface area contributed by atoms with E-state index in [0.717, 1.165) is 0 Å². The minimum absolute atomic E-state index is 1.24. The lowest BCUT2D eigenvalue weighted by atomic mass is 10.3. The summed E-state index contributed by atoms with van der Waals surface area (Å²) in [6.45, 7) is 0.